The van der Waals surface area contributed by atoms with Gasteiger partial charge in [0.1, 0.15) is 36.6 Å². The molecule has 0 saturated heterocycles. The summed E-state index contributed by atoms with van der Waals surface area (Å²) < 4.78 is 11.3. The van der Waals surface area contributed by atoms with Crippen LogP contribution in [0.5, 0.6) is 5.75 Å². The van der Waals surface area contributed by atoms with Crippen molar-refractivity contribution in [3.63, 3.8) is 0 Å². The van der Waals surface area contributed by atoms with Gasteiger partial charge in [-0.2, -0.15) is 0 Å². The van der Waals surface area contributed by atoms with Gasteiger partial charge >= 0.3 is 0 Å². The van der Waals surface area contributed by atoms with Gasteiger partial charge in [0.05, 0.1) is 28.5 Å². The van der Waals surface area contributed by atoms with Crippen LogP contribution in [-0.4, -0.2) is 97.3 Å². The zero-order valence-corrected chi connectivity index (χ0v) is 25.5. The highest BCUT2D eigenvalue weighted by molar-refractivity contribution is 6.33. The fourth-order valence-electron chi connectivity index (χ4n) is 4.57. The number of aliphatic hydroxyl groups is 1. The normalized spacial score (nSPS) is 14.2. The molecular formula is C29H37ClN8O4. The minimum absolute atomic E-state index is 0.0412. The molecule has 0 fully saturated rings. The number of nitrogens with one attached hydrogen (secondary N) is 1. The summed E-state index contributed by atoms with van der Waals surface area (Å²) in [5, 5.41) is 17.6. The van der Waals surface area contributed by atoms with Crippen molar-refractivity contribution in [1.82, 2.24) is 25.3 Å². The monoisotopic (exact) mass is 596 g/mol. The highest BCUT2D eigenvalue weighted by Gasteiger charge is 2.27. The summed E-state index contributed by atoms with van der Waals surface area (Å²) in [7, 11) is 5.14. The van der Waals surface area contributed by atoms with Crippen LogP contribution >= 0.6 is 11.6 Å². The lowest BCUT2D eigenvalue weighted by molar-refractivity contribution is -0.127. The second-order valence-corrected chi connectivity index (χ2v) is 10.8. The summed E-state index contributed by atoms with van der Waals surface area (Å²) in [6, 6.07) is 5.21. The lowest BCUT2D eigenvalue weighted by atomic mass is 10.0. The Bertz CT molecular complexity index is 1500. The Hall–Kier alpha value is -4.00. The second kappa shape index (κ2) is 13.3. The Morgan fingerprint density at radius 3 is 2.74 bits per heavy atom. The van der Waals surface area contributed by atoms with Crippen molar-refractivity contribution in [3.8, 4) is 28.4 Å². The van der Waals surface area contributed by atoms with E-state index in [1.807, 2.05) is 25.7 Å². The van der Waals surface area contributed by atoms with Gasteiger partial charge in [-0.1, -0.05) is 16.8 Å². The first-order valence-electron chi connectivity index (χ1n) is 13.5. The van der Waals surface area contributed by atoms with Gasteiger partial charge in [0.25, 0.3) is 0 Å². The molecule has 1 aromatic carbocycles. The first-order valence-corrected chi connectivity index (χ1v) is 13.9. The van der Waals surface area contributed by atoms with Crippen molar-refractivity contribution in [2.75, 3.05) is 58.8 Å². The predicted molar refractivity (Wildman–Crippen MR) is 163 cm³/mol. The van der Waals surface area contributed by atoms with Gasteiger partial charge in [0, 0.05) is 55.8 Å². The molecule has 0 unspecified atom stereocenters. The highest BCUT2D eigenvalue weighted by atomic mass is 35.5. The molecule has 224 valence electrons. The Labute approximate surface area is 250 Å². The molecule has 0 spiro atoms. The average molecular weight is 597 g/mol. The van der Waals surface area contributed by atoms with E-state index in [1.54, 1.807) is 45.6 Å². The van der Waals surface area contributed by atoms with Crippen LogP contribution in [0.3, 0.4) is 0 Å². The van der Waals surface area contributed by atoms with Crippen LogP contribution in [-0.2, 0) is 4.79 Å². The number of aryl methyl sites for hydroxylation is 2. The molecule has 1 atom stereocenters. The van der Waals surface area contributed by atoms with Gasteiger partial charge in [-0.15, -0.1) is 0 Å². The van der Waals surface area contributed by atoms with Gasteiger partial charge < -0.3 is 35.2 Å². The highest BCUT2D eigenvalue weighted by Crippen LogP contribution is 2.38. The van der Waals surface area contributed by atoms with Crippen LogP contribution < -0.4 is 20.7 Å². The van der Waals surface area contributed by atoms with Crippen molar-refractivity contribution in [1.29, 1.82) is 0 Å². The third kappa shape index (κ3) is 6.89. The summed E-state index contributed by atoms with van der Waals surface area (Å²) in [6.45, 7) is 7.07. The smallest absolute Gasteiger partial charge is 0.243 e. The van der Waals surface area contributed by atoms with E-state index in [0.29, 0.717) is 70.5 Å². The number of likely N-dealkylation sites (N-methyl/N-ethyl adjacent to an activating group) is 2. The molecule has 3 aromatic rings. The molecule has 42 heavy (non-hydrogen) atoms. The van der Waals surface area contributed by atoms with Crippen molar-refractivity contribution in [2.45, 2.75) is 26.9 Å². The fraction of sp³-hybridized carbons (Fsp3) is 0.414. The summed E-state index contributed by atoms with van der Waals surface area (Å²) in [4.78, 5) is 29.7. The number of nitrogens with two attached hydrogens (primary N) is 1. The van der Waals surface area contributed by atoms with Crippen molar-refractivity contribution >= 4 is 29.5 Å². The third-order valence-corrected chi connectivity index (χ3v) is 7.19. The molecule has 0 bridgehead atoms. The number of rotatable bonds is 11. The van der Waals surface area contributed by atoms with Crippen LogP contribution in [0.4, 0.5) is 5.82 Å². The van der Waals surface area contributed by atoms with Crippen LogP contribution in [0.1, 0.15) is 17.0 Å². The number of aromatic nitrogens is 3. The predicted octanol–water partition coefficient (Wildman–Crippen LogP) is 2.53. The Balaban J connectivity index is 1.73. The molecule has 0 aliphatic carbocycles. The molecule has 13 heteroatoms. The van der Waals surface area contributed by atoms with E-state index in [-0.39, 0.29) is 19.1 Å². The van der Waals surface area contributed by atoms with E-state index < -0.39 is 6.10 Å². The number of halogens is 1. The van der Waals surface area contributed by atoms with Gasteiger partial charge in [0.2, 0.25) is 5.91 Å². The molecule has 0 radical (unpaired) electrons. The largest absolute Gasteiger partial charge is 0.491 e. The molecule has 2 aromatic heterocycles. The SMILES string of the molecule is CNC[C@@H](O)COc1ccc(Cl)c(-c2nc(-c3c(C)noc3C)c(C)c(N3CC(N)=C(C=NCC(=O)N(C)C)C3)n2)c1. The number of anilines is 1. The second-order valence-electron chi connectivity index (χ2n) is 10.4. The summed E-state index contributed by atoms with van der Waals surface area (Å²) in [6.07, 6.45) is 0.984. The van der Waals surface area contributed by atoms with E-state index >= 15 is 0 Å². The summed E-state index contributed by atoms with van der Waals surface area (Å²) >= 11 is 6.67. The van der Waals surface area contributed by atoms with Gasteiger partial charge in [-0.05, 0) is 46.0 Å². The van der Waals surface area contributed by atoms with Gasteiger partial charge in [-0.3, -0.25) is 9.79 Å². The minimum atomic E-state index is -0.672. The third-order valence-electron chi connectivity index (χ3n) is 6.86. The fourth-order valence-corrected chi connectivity index (χ4v) is 4.77. The molecule has 12 nitrogen and oxygen atoms in total. The number of hydrogen-bond donors (Lipinski definition) is 3. The van der Waals surface area contributed by atoms with E-state index in [4.69, 9.17) is 36.6 Å². The van der Waals surface area contributed by atoms with Gasteiger partial charge in [-0.25, -0.2) is 9.97 Å². The number of amides is 1. The summed E-state index contributed by atoms with van der Waals surface area (Å²) in [5.41, 5.74) is 11.4. The van der Waals surface area contributed by atoms with Crippen molar-refractivity contribution in [3.05, 3.63) is 51.5 Å². The maximum absolute atomic E-state index is 12.0. The lowest BCUT2D eigenvalue weighted by Crippen LogP contribution is -2.29. The maximum atomic E-state index is 12.0. The quantitative estimate of drug-likeness (QED) is 0.281. The zero-order valence-electron chi connectivity index (χ0n) is 24.7. The van der Waals surface area contributed by atoms with E-state index in [1.165, 1.54) is 4.90 Å². The van der Waals surface area contributed by atoms with Crippen LogP contribution in [0.15, 0.2) is 39.0 Å². The molecule has 1 aliphatic rings. The van der Waals surface area contributed by atoms with Gasteiger partial charge in [0.15, 0.2) is 5.82 Å². The Morgan fingerprint density at radius 1 is 1.31 bits per heavy atom. The molecule has 4 rings (SSSR count). The average Bonchev–Trinajstić information content (AvgIpc) is 3.48. The topological polar surface area (TPSA) is 155 Å². The number of nitrogens with zero attached hydrogens (tertiary/aromatic N) is 6. The Kier molecular flexibility index (Phi) is 9.81. The molecule has 0 saturated carbocycles. The number of ether oxygens (including phenoxy) is 1. The molecule has 4 N–H and O–H groups in total. The summed E-state index contributed by atoms with van der Waals surface area (Å²) in [5.74, 6) is 2.10. The van der Waals surface area contributed by atoms with Crippen LogP contribution in [0.25, 0.3) is 22.6 Å². The van der Waals surface area contributed by atoms with E-state index in [9.17, 15) is 9.90 Å². The number of carbonyl (C=O) groups excluding carboxylic acids is 1. The van der Waals surface area contributed by atoms with Crippen molar-refractivity contribution < 1.29 is 19.2 Å². The van der Waals surface area contributed by atoms with E-state index in [0.717, 1.165) is 16.7 Å². The molecule has 3 heterocycles. The Morgan fingerprint density at radius 2 is 2.07 bits per heavy atom. The number of benzene rings is 1. The molecular weight excluding hydrogens is 560 g/mol. The first kappa shape index (κ1) is 30.9. The molecule has 1 aliphatic heterocycles. The van der Waals surface area contributed by atoms with E-state index in [2.05, 4.69) is 15.5 Å². The lowest BCUT2D eigenvalue weighted by Gasteiger charge is -2.22. The standard InChI is InChI=1S/C29H37ClN8O4/c1-16-27(26-17(2)36-42-18(26)3)34-28(22-9-21(7-8-23(22)30)41-15-20(39)11-32-4)35-29(16)38-13-19(24(31)14-38)10-33-12-25(40)37(5)6/h7-10,20,32,39H,11-15,31H2,1-6H3/t20-/m1/s1. The maximum Gasteiger partial charge on any atom is 0.243 e. The number of aliphatic imine (C=N–C) groups is 1. The number of hydrogen-bond acceptors (Lipinski definition) is 11. The molecule has 1 amide bonds. The van der Waals surface area contributed by atoms with Crippen molar-refractivity contribution in [2.24, 2.45) is 10.7 Å². The van der Waals surface area contributed by atoms with Crippen LogP contribution in [0, 0.1) is 20.8 Å². The first-order chi connectivity index (χ1) is 20.0. The minimum Gasteiger partial charge on any atom is -0.491 e. The van der Waals surface area contributed by atoms with Crippen LogP contribution in [0.2, 0.25) is 5.02 Å². The number of aliphatic hydroxyl groups excluding tert-OH is 1. The number of carbonyl (C=O) groups is 1. The zero-order chi connectivity index (χ0) is 30.6.